The van der Waals surface area contributed by atoms with E-state index in [1.165, 1.54) is 0 Å². The molecule has 72 valence electrons. The van der Waals surface area contributed by atoms with Crippen LogP contribution in [0, 0.1) is 0 Å². The number of halogens is 2. The van der Waals surface area contributed by atoms with E-state index in [1.807, 2.05) is 0 Å². The number of hydrogen-bond donors (Lipinski definition) is 0. The van der Waals surface area contributed by atoms with Gasteiger partial charge in [0, 0.05) is 6.42 Å². The number of hydrogen-bond acceptors (Lipinski definition) is 4. The van der Waals surface area contributed by atoms with Crippen LogP contribution in [-0.4, -0.2) is 22.3 Å². The Labute approximate surface area is 72.9 Å². The number of nitrogens with zero attached hydrogens (tertiary/aromatic N) is 2. The van der Waals surface area contributed by atoms with Crippen LogP contribution in [-0.2, 0) is 17.6 Å². The molecule has 6 heteroatoms. The number of aryl methyl sites for hydroxylation is 1. The molecular formula is C7H8F2N2O2. The summed E-state index contributed by atoms with van der Waals surface area (Å²) in [6.45, 7) is 1.80. The first-order chi connectivity index (χ1) is 6.13. The zero-order valence-electron chi connectivity index (χ0n) is 6.96. The van der Waals surface area contributed by atoms with E-state index in [4.69, 9.17) is 0 Å². The van der Waals surface area contributed by atoms with Crippen molar-refractivity contribution in [3.05, 3.63) is 11.7 Å². The molecule has 1 aromatic rings. The highest BCUT2D eigenvalue weighted by molar-refractivity contribution is 5.82. The predicted octanol–water partition coefficient (Wildman–Crippen LogP) is 1.01. The van der Waals surface area contributed by atoms with Gasteiger partial charge in [-0.3, -0.25) is 4.79 Å². The topological polar surface area (TPSA) is 56.0 Å². The van der Waals surface area contributed by atoms with Gasteiger partial charge in [-0.2, -0.15) is 4.98 Å². The number of carbonyl (C=O) groups excluding carboxylic acids is 1. The summed E-state index contributed by atoms with van der Waals surface area (Å²) in [5, 5.41) is 3.46. The first-order valence-electron chi connectivity index (χ1n) is 3.75. The Morgan fingerprint density at radius 3 is 2.77 bits per heavy atom. The Kier molecular flexibility index (Phi) is 3.05. The normalized spacial score (nSPS) is 10.8. The largest absolute Gasteiger partial charge is 0.339 e. The molecule has 4 nitrogen and oxygen atoms in total. The van der Waals surface area contributed by atoms with E-state index in [-0.39, 0.29) is 5.89 Å². The quantitative estimate of drug-likeness (QED) is 0.710. The number of Topliss-reactive ketones (excluding diaryl/α,β-unsaturated/α-hetero) is 1. The third kappa shape index (κ3) is 2.57. The van der Waals surface area contributed by atoms with E-state index < -0.39 is 18.6 Å². The maximum atomic E-state index is 11.8. The Morgan fingerprint density at radius 1 is 1.62 bits per heavy atom. The highest BCUT2D eigenvalue weighted by atomic mass is 19.3. The Morgan fingerprint density at radius 2 is 2.31 bits per heavy atom. The Hall–Kier alpha value is -1.33. The van der Waals surface area contributed by atoms with Gasteiger partial charge in [0.05, 0.1) is 6.42 Å². The second kappa shape index (κ2) is 4.06. The summed E-state index contributed by atoms with van der Waals surface area (Å²) in [6.07, 6.45) is -2.92. The van der Waals surface area contributed by atoms with Gasteiger partial charge in [0.2, 0.25) is 11.7 Å². The van der Waals surface area contributed by atoms with E-state index in [0.29, 0.717) is 12.2 Å². The monoisotopic (exact) mass is 190 g/mol. The molecule has 0 unspecified atom stereocenters. The van der Waals surface area contributed by atoms with E-state index in [0.717, 1.165) is 0 Å². The molecule has 1 heterocycles. The van der Waals surface area contributed by atoms with Crippen molar-refractivity contribution in [2.45, 2.75) is 26.2 Å². The highest BCUT2D eigenvalue weighted by Crippen LogP contribution is 2.03. The first-order valence-corrected chi connectivity index (χ1v) is 3.75. The average Bonchev–Trinajstić information content (AvgIpc) is 2.52. The van der Waals surface area contributed by atoms with E-state index in [2.05, 4.69) is 14.7 Å². The molecular weight excluding hydrogens is 182 g/mol. The maximum absolute atomic E-state index is 11.8. The van der Waals surface area contributed by atoms with Crippen LogP contribution in [0.4, 0.5) is 8.78 Å². The van der Waals surface area contributed by atoms with Gasteiger partial charge >= 0.3 is 0 Å². The molecule has 13 heavy (non-hydrogen) atoms. The lowest BCUT2D eigenvalue weighted by atomic mass is 10.3. The maximum Gasteiger partial charge on any atom is 0.296 e. The predicted molar refractivity (Wildman–Crippen MR) is 38.4 cm³/mol. The summed E-state index contributed by atoms with van der Waals surface area (Å²) in [4.78, 5) is 14.3. The molecule has 0 aliphatic carbocycles. The van der Waals surface area contributed by atoms with Crippen molar-refractivity contribution in [1.29, 1.82) is 0 Å². The summed E-state index contributed by atoms with van der Waals surface area (Å²) < 4.78 is 28.1. The van der Waals surface area contributed by atoms with Crippen molar-refractivity contribution in [3.63, 3.8) is 0 Å². The van der Waals surface area contributed by atoms with Gasteiger partial charge in [0.25, 0.3) is 6.43 Å². The van der Waals surface area contributed by atoms with E-state index >= 15 is 0 Å². The standard InChI is InChI=1S/C7H8F2N2O2/c1-2-5-10-6(13-11-5)3-4(12)7(8)9/h7H,2-3H2,1H3. The molecule has 0 saturated heterocycles. The molecule has 0 N–H and O–H groups in total. The Balaban J connectivity index is 2.59. The molecule has 0 aromatic carbocycles. The van der Waals surface area contributed by atoms with Gasteiger partial charge in [-0.15, -0.1) is 0 Å². The Bertz CT molecular complexity index is 298. The number of aromatic nitrogens is 2. The minimum atomic E-state index is -2.98. The third-order valence-electron chi connectivity index (χ3n) is 1.40. The van der Waals surface area contributed by atoms with Gasteiger partial charge in [-0.05, 0) is 0 Å². The van der Waals surface area contributed by atoms with E-state index in [9.17, 15) is 13.6 Å². The van der Waals surface area contributed by atoms with Crippen molar-refractivity contribution < 1.29 is 18.1 Å². The lowest BCUT2D eigenvalue weighted by Crippen LogP contribution is -2.12. The lowest BCUT2D eigenvalue weighted by Gasteiger charge is -1.92. The van der Waals surface area contributed by atoms with E-state index in [1.54, 1.807) is 6.92 Å². The fraction of sp³-hybridized carbons (Fsp3) is 0.571. The number of alkyl halides is 2. The summed E-state index contributed by atoms with van der Waals surface area (Å²) in [5.74, 6) is -0.842. The van der Waals surface area contributed by atoms with Crippen LogP contribution < -0.4 is 0 Å². The third-order valence-corrected chi connectivity index (χ3v) is 1.40. The van der Waals surface area contributed by atoms with Gasteiger partial charge in [0.15, 0.2) is 5.82 Å². The van der Waals surface area contributed by atoms with Crippen LogP contribution >= 0.6 is 0 Å². The highest BCUT2D eigenvalue weighted by Gasteiger charge is 2.18. The molecule has 1 aromatic heterocycles. The minimum absolute atomic E-state index is 0.0536. The molecule has 0 spiro atoms. The molecule has 0 radical (unpaired) electrons. The minimum Gasteiger partial charge on any atom is -0.339 e. The second-order valence-electron chi connectivity index (χ2n) is 2.40. The number of rotatable bonds is 4. The average molecular weight is 190 g/mol. The summed E-state index contributed by atoms with van der Waals surface area (Å²) in [6, 6.07) is 0. The van der Waals surface area contributed by atoms with Crippen LogP contribution in [0.25, 0.3) is 0 Å². The van der Waals surface area contributed by atoms with Crippen LogP contribution in [0.3, 0.4) is 0 Å². The van der Waals surface area contributed by atoms with Crippen molar-refractivity contribution in [2.24, 2.45) is 0 Å². The zero-order valence-corrected chi connectivity index (χ0v) is 6.96. The lowest BCUT2D eigenvalue weighted by molar-refractivity contribution is -0.129. The molecule has 1 rings (SSSR count). The molecule has 0 saturated carbocycles. The van der Waals surface area contributed by atoms with Crippen molar-refractivity contribution >= 4 is 5.78 Å². The van der Waals surface area contributed by atoms with Crippen LogP contribution in [0.15, 0.2) is 4.52 Å². The van der Waals surface area contributed by atoms with Crippen LogP contribution in [0.5, 0.6) is 0 Å². The molecule has 0 aliphatic rings. The van der Waals surface area contributed by atoms with Gasteiger partial charge in [0.1, 0.15) is 0 Å². The molecule has 0 bridgehead atoms. The molecule has 0 amide bonds. The van der Waals surface area contributed by atoms with Gasteiger partial charge < -0.3 is 4.52 Å². The molecule has 0 atom stereocenters. The summed E-state index contributed by atoms with van der Waals surface area (Å²) in [5.41, 5.74) is 0. The molecule has 0 fully saturated rings. The van der Waals surface area contributed by atoms with Crippen molar-refractivity contribution in [3.8, 4) is 0 Å². The van der Waals surface area contributed by atoms with Gasteiger partial charge in [-0.1, -0.05) is 12.1 Å². The van der Waals surface area contributed by atoms with Crippen molar-refractivity contribution in [2.75, 3.05) is 0 Å². The number of ketones is 1. The second-order valence-corrected chi connectivity index (χ2v) is 2.40. The smallest absolute Gasteiger partial charge is 0.296 e. The fourth-order valence-electron chi connectivity index (χ4n) is 0.732. The first kappa shape index (κ1) is 9.76. The number of carbonyl (C=O) groups is 1. The summed E-state index contributed by atoms with van der Waals surface area (Å²) >= 11 is 0. The summed E-state index contributed by atoms with van der Waals surface area (Å²) in [7, 11) is 0. The molecule has 0 aliphatic heterocycles. The van der Waals surface area contributed by atoms with Crippen LogP contribution in [0.1, 0.15) is 18.6 Å². The van der Waals surface area contributed by atoms with Gasteiger partial charge in [-0.25, -0.2) is 8.78 Å². The SMILES string of the molecule is CCc1noc(CC(=O)C(F)F)n1. The van der Waals surface area contributed by atoms with Crippen LogP contribution in [0.2, 0.25) is 0 Å². The zero-order chi connectivity index (χ0) is 9.84. The van der Waals surface area contributed by atoms with Crippen molar-refractivity contribution in [1.82, 2.24) is 10.1 Å². The fourth-order valence-corrected chi connectivity index (χ4v) is 0.732.